The number of hydrogen-bond donors (Lipinski definition) is 0. The van der Waals surface area contributed by atoms with E-state index in [9.17, 15) is 0 Å². The molecular weight excluding hydrogens is 841 g/mol. The summed E-state index contributed by atoms with van der Waals surface area (Å²) in [5, 5.41) is 4.67. The molecule has 0 amide bonds. The minimum absolute atomic E-state index is 0.802. The third-order valence-corrected chi connectivity index (χ3v) is 13.3. The Morgan fingerprint density at radius 1 is 0.261 bits per heavy atom. The predicted molar refractivity (Wildman–Crippen MR) is 285 cm³/mol. The van der Waals surface area contributed by atoms with Gasteiger partial charge in [0.15, 0.2) is 0 Å². The minimum Gasteiger partial charge on any atom is -0.310 e. The summed E-state index contributed by atoms with van der Waals surface area (Å²) in [4.78, 5) is 16.6. The molecule has 6 nitrogen and oxygen atoms in total. The molecule has 6 heteroatoms. The lowest BCUT2D eigenvalue weighted by molar-refractivity contribution is 1.01. The van der Waals surface area contributed by atoms with Gasteiger partial charge in [-0.2, -0.15) is 0 Å². The Balaban J connectivity index is 1.09. The predicted octanol–water partition coefficient (Wildman–Crippen LogP) is 16.2. The topological polar surface area (TPSA) is 51.8 Å². The number of benzene rings is 8. The SMILES string of the molecule is c1ccc(-c2ccc3c(c2)c2cc(-c4ccccc4)ccc2n3-c2cc(N(c3ccc(-c4ccncc4)cc3)c3ccc(-c4ccncc4)cc3)cc(-n3c4ccccc4c4ccccc43)n2)cc1. The van der Waals surface area contributed by atoms with Crippen LogP contribution in [0.25, 0.3) is 99.8 Å². The van der Waals surface area contributed by atoms with Crippen LogP contribution in [0.15, 0.2) is 255 Å². The van der Waals surface area contributed by atoms with Crippen LogP contribution in [0.2, 0.25) is 0 Å². The van der Waals surface area contributed by atoms with E-state index in [2.05, 4.69) is 255 Å². The van der Waals surface area contributed by atoms with Gasteiger partial charge in [0.05, 0.1) is 27.8 Å². The molecule has 324 valence electrons. The van der Waals surface area contributed by atoms with E-state index in [-0.39, 0.29) is 0 Å². The summed E-state index contributed by atoms with van der Waals surface area (Å²) in [6.45, 7) is 0. The Hall–Kier alpha value is -9.39. The summed E-state index contributed by atoms with van der Waals surface area (Å²) in [7, 11) is 0. The quantitative estimate of drug-likeness (QED) is 0.145. The van der Waals surface area contributed by atoms with Gasteiger partial charge in [0, 0.05) is 69.8 Å². The Bertz CT molecular complexity index is 3740. The van der Waals surface area contributed by atoms with E-state index in [4.69, 9.17) is 4.98 Å². The van der Waals surface area contributed by atoms with Crippen LogP contribution in [0.1, 0.15) is 0 Å². The average molecular weight is 883 g/mol. The number of hydrogen-bond acceptors (Lipinski definition) is 4. The van der Waals surface area contributed by atoms with Crippen LogP contribution in [-0.2, 0) is 0 Å². The molecule has 0 atom stereocenters. The number of pyridine rings is 3. The second-order valence-electron chi connectivity index (χ2n) is 17.3. The fourth-order valence-corrected chi connectivity index (χ4v) is 10.0. The second kappa shape index (κ2) is 16.8. The monoisotopic (exact) mass is 882 g/mol. The highest BCUT2D eigenvalue weighted by Gasteiger charge is 2.22. The van der Waals surface area contributed by atoms with Gasteiger partial charge in [0.2, 0.25) is 0 Å². The first kappa shape index (κ1) is 39.9. The van der Waals surface area contributed by atoms with Crippen molar-refractivity contribution >= 4 is 60.7 Å². The normalized spacial score (nSPS) is 11.5. The van der Waals surface area contributed by atoms with Crippen LogP contribution in [0.5, 0.6) is 0 Å². The van der Waals surface area contributed by atoms with E-state index < -0.39 is 0 Å². The molecule has 0 fully saturated rings. The molecule has 5 aromatic heterocycles. The van der Waals surface area contributed by atoms with Crippen LogP contribution in [-0.4, -0.2) is 24.1 Å². The highest BCUT2D eigenvalue weighted by molar-refractivity contribution is 6.12. The second-order valence-corrected chi connectivity index (χ2v) is 17.3. The van der Waals surface area contributed by atoms with Gasteiger partial charge in [-0.15, -0.1) is 0 Å². The largest absolute Gasteiger partial charge is 0.310 e. The standard InChI is InChI=1S/C63H42N6/c1-3-11-43(12-4-1)49-23-29-60-56(39-49)57-40-50(44-13-5-2-6-14-44)24-30-61(57)69(60)63-42-53(41-62(66-63)68-58-17-9-7-15-54(58)55-16-8-10-18-59(55)68)67(51-25-19-45(20-26-51)47-31-35-64-36-32-47)52-27-21-46(22-28-52)48-33-37-65-38-34-48/h1-42H. The first-order valence-electron chi connectivity index (χ1n) is 23.2. The molecular formula is C63H42N6. The average Bonchev–Trinajstić information content (AvgIpc) is 3.94. The Morgan fingerprint density at radius 2 is 0.609 bits per heavy atom. The molecule has 0 radical (unpaired) electrons. The summed E-state index contributed by atoms with van der Waals surface area (Å²) in [6.07, 6.45) is 7.37. The summed E-state index contributed by atoms with van der Waals surface area (Å²) < 4.78 is 4.68. The van der Waals surface area contributed by atoms with Gasteiger partial charge in [0.25, 0.3) is 0 Å². The maximum atomic E-state index is 5.74. The maximum absolute atomic E-state index is 5.74. The van der Waals surface area contributed by atoms with Crippen molar-refractivity contribution in [1.82, 2.24) is 24.1 Å². The molecule has 69 heavy (non-hydrogen) atoms. The fraction of sp³-hybridized carbons (Fsp3) is 0. The molecule has 0 aliphatic heterocycles. The fourth-order valence-electron chi connectivity index (χ4n) is 10.0. The van der Waals surface area contributed by atoms with Crippen molar-refractivity contribution in [3.63, 3.8) is 0 Å². The van der Waals surface area contributed by atoms with Crippen molar-refractivity contribution in [2.45, 2.75) is 0 Å². The van der Waals surface area contributed by atoms with Crippen molar-refractivity contribution in [2.24, 2.45) is 0 Å². The van der Waals surface area contributed by atoms with Crippen molar-refractivity contribution in [3.05, 3.63) is 255 Å². The molecule has 8 aromatic carbocycles. The molecule has 0 spiro atoms. The molecule has 0 bridgehead atoms. The highest BCUT2D eigenvalue weighted by atomic mass is 15.2. The smallest absolute Gasteiger partial charge is 0.142 e. The van der Waals surface area contributed by atoms with E-state index in [0.29, 0.717) is 0 Å². The Kier molecular flexibility index (Phi) is 9.72. The van der Waals surface area contributed by atoms with Crippen LogP contribution < -0.4 is 4.90 Å². The third-order valence-electron chi connectivity index (χ3n) is 13.3. The number of para-hydroxylation sites is 2. The van der Waals surface area contributed by atoms with Crippen molar-refractivity contribution in [3.8, 4) is 56.1 Å². The molecule has 5 heterocycles. The molecule has 0 saturated heterocycles. The zero-order chi connectivity index (χ0) is 45.7. The summed E-state index contributed by atoms with van der Waals surface area (Å²) in [6, 6.07) is 82.6. The number of anilines is 3. The highest BCUT2D eigenvalue weighted by Crippen LogP contribution is 2.42. The van der Waals surface area contributed by atoms with Crippen LogP contribution in [0.4, 0.5) is 17.1 Å². The van der Waals surface area contributed by atoms with Crippen molar-refractivity contribution < 1.29 is 0 Å². The first-order valence-corrected chi connectivity index (χ1v) is 23.2. The van der Waals surface area contributed by atoms with Crippen LogP contribution in [0, 0.1) is 0 Å². The Morgan fingerprint density at radius 3 is 1.04 bits per heavy atom. The summed E-state index contributed by atoms with van der Waals surface area (Å²) in [5.74, 6) is 1.61. The van der Waals surface area contributed by atoms with Gasteiger partial charge in [0.1, 0.15) is 11.6 Å². The molecule has 13 aromatic rings. The number of rotatable bonds is 9. The lowest BCUT2D eigenvalue weighted by Crippen LogP contribution is -2.13. The zero-order valence-corrected chi connectivity index (χ0v) is 37.4. The van der Waals surface area contributed by atoms with E-state index in [1.54, 1.807) is 0 Å². The lowest BCUT2D eigenvalue weighted by Gasteiger charge is -2.27. The molecule has 0 unspecified atom stereocenters. The zero-order valence-electron chi connectivity index (χ0n) is 37.4. The van der Waals surface area contributed by atoms with E-state index in [1.165, 1.54) is 21.9 Å². The van der Waals surface area contributed by atoms with Gasteiger partial charge in [-0.25, -0.2) is 4.98 Å². The van der Waals surface area contributed by atoms with Crippen LogP contribution >= 0.6 is 0 Å². The molecule has 0 aliphatic rings. The van der Waals surface area contributed by atoms with E-state index in [1.807, 2.05) is 24.8 Å². The van der Waals surface area contributed by atoms with E-state index >= 15 is 0 Å². The van der Waals surface area contributed by atoms with Crippen molar-refractivity contribution in [1.29, 1.82) is 0 Å². The van der Waals surface area contributed by atoms with Gasteiger partial charge in [-0.05, 0) is 129 Å². The van der Waals surface area contributed by atoms with Crippen molar-refractivity contribution in [2.75, 3.05) is 4.90 Å². The molecule has 0 saturated carbocycles. The molecule has 0 N–H and O–H groups in total. The van der Waals surface area contributed by atoms with Gasteiger partial charge >= 0.3 is 0 Å². The van der Waals surface area contributed by atoms with Gasteiger partial charge in [-0.3, -0.25) is 19.1 Å². The number of aromatic nitrogens is 5. The number of nitrogens with zero attached hydrogens (tertiary/aromatic N) is 6. The van der Waals surface area contributed by atoms with Crippen LogP contribution in [0.3, 0.4) is 0 Å². The molecule has 0 aliphatic carbocycles. The third kappa shape index (κ3) is 7.10. The minimum atomic E-state index is 0.802. The maximum Gasteiger partial charge on any atom is 0.142 e. The number of fused-ring (bicyclic) bond motifs is 6. The Labute approximate surface area is 399 Å². The summed E-state index contributed by atoms with van der Waals surface area (Å²) in [5.41, 5.74) is 16.4. The summed E-state index contributed by atoms with van der Waals surface area (Å²) >= 11 is 0. The van der Waals surface area contributed by atoms with E-state index in [0.717, 1.165) is 94.9 Å². The lowest BCUT2D eigenvalue weighted by atomic mass is 10.0. The van der Waals surface area contributed by atoms with Gasteiger partial charge < -0.3 is 4.90 Å². The van der Waals surface area contributed by atoms with Gasteiger partial charge in [-0.1, -0.05) is 133 Å². The molecule has 13 rings (SSSR count). The first-order chi connectivity index (χ1) is 34.2.